The van der Waals surface area contributed by atoms with Gasteiger partial charge in [0, 0.05) is 38.0 Å². The Morgan fingerprint density at radius 3 is 2.52 bits per heavy atom. The number of fused-ring (bicyclic) bond motifs is 1. The average Bonchev–Trinajstić information content (AvgIpc) is 3.11. The van der Waals surface area contributed by atoms with Crippen LogP contribution in [-0.4, -0.2) is 42.4 Å². The second-order valence-corrected chi connectivity index (χ2v) is 7.39. The van der Waals surface area contributed by atoms with E-state index in [4.69, 9.17) is 0 Å². The van der Waals surface area contributed by atoms with Gasteiger partial charge >= 0.3 is 0 Å². The van der Waals surface area contributed by atoms with Crippen LogP contribution in [0.15, 0.2) is 24.3 Å². The molecule has 5 nitrogen and oxygen atoms in total. The molecule has 1 saturated carbocycles. The SMILES string of the molecule is CN1Cc2ccccc2CC1CNC(=O)CCC(=O)NC1CCCC1. The molecule has 1 heterocycles. The first-order chi connectivity index (χ1) is 12.1. The highest BCUT2D eigenvalue weighted by atomic mass is 16.2. The lowest BCUT2D eigenvalue weighted by Gasteiger charge is -2.34. The largest absolute Gasteiger partial charge is 0.355 e. The number of nitrogens with zero attached hydrogens (tertiary/aromatic N) is 1. The molecule has 1 aromatic rings. The van der Waals surface area contributed by atoms with Crippen LogP contribution in [0.5, 0.6) is 0 Å². The molecule has 1 aromatic carbocycles. The molecule has 0 spiro atoms. The Kier molecular flexibility index (Phi) is 6.08. The topological polar surface area (TPSA) is 61.4 Å². The van der Waals surface area contributed by atoms with Gasteiger partial charge in [-0.1, -0.05) is 37.1 Å². The van der Waals surface area contributed by atoms with Crippen molar-refractivity contribution in [2.75, 3.05) is 13.6 Å². The van der Waals surface area contributed by atoms with Gasteiger partial charge in [-0.3, -0.25) is 14.5 Å². The van der Waals surface area contributed by atoms with Crippen LogP contribution in [0.3, 0.4) is 0 Å². The number of likely N-dealkylation sites (N-methyl/N-ethyl adjacent to an activating group) is 1. The summed E-state index contributed by atoms with van der Waals surface area (Å²) < 4.78 is 0. The number of hydrogen-bond acceptors (Lipinski definition) is 3. The summed E-state index contributed by atoms with van der Waals surface area (Å²) >= 11 is 0. The van der Waals surface area contributed by atoms with Gasteiger partial charge < -0.3 is 10.6 Å². The fourth-order valence-electron chi connectivity index (χ4n) is 3.86. The van der Waals surface area contributed by atoms with Crippen molar-refractivity contribution < 1.29 is 9.59 Å². The van der Waals surface area contributed by atoms with Gasteiger partial charge in [-0.05, 0) is 37.4 Å². The average molecular weight is 343 g/mol. The molecular weight excluding hydrogens is 314 g/mol. The third-order valence-electron chi connectivity index (χ3n) is 5.45. The molecule has 2 N–H and O–H groups in total. The maximum atomic E-state index is 12.1. The monoisotopic (exact) mass is 343 g/mol. The van der Waals surface area contributed by atoms with Crippen LogP contribution in [0.1, 0.15) is 49.7 Å². The standard InChI is InChI=1S/C20H29N3O2/c1-23-14-16-7-3-2-6-15(16)12-18(23)13-21-19(24)10-11-20(25)22-17-8-4-5-9-17/h2-3,6-7,17-18H,4-5,8-14H2,1H3,(H,21,24)(H,22,25). The molecule has 2 amide bonds. The van der Waals surface area contributed by atoms with Crippen molar-refractivity contribution in [1.82, 2.24) is 15.5 Å². The Morgan fingerprint density at radius 1 is 1.08 bits per heavy atom. The summed E-state index contributed by atoms with van der Waals surface area (Å²) in [4.78, 5) is 26.3. The number of amides is 2. The number of carbonyl (C=O) groups excluding carboxylic acids is 2. The first-order valence-electron chi connectivity index (χ1n) is 9.45. The number of rotatable bonds is 6. The predicted molar refractivity (Wildman–Crippen MR) is 98.0 cm³/mol. The lowest BCUT2D eigenvalue weighted by molar-refractivity contribution is -0.126. The van der Waals surface area contributed by atoms with E-state index in [1.807, 2.05) is 0 Å². The Balaban J connectivity index is 1.38. The van der Waals surface area contributed by atoms with Crippen LogP contribution in [0.25, 0.3) is 0 Å². The zero-order chi connectivity index (χ0) is 17.6. The van der Waals surface area contributed by atoms with E-state index in [0.717, 1.165) is 25.8 Å². The predicted octanol–water partition coefficient (Wildman–Crippen LogP) is 2.00. The maximum absolute atomic E-state index is 12.1. The lowest BCUT2D eigenvalue weighted by atomic mass is 9.94. The fourth-order valence-corrected chi connectivity index (χ4v) is 3.86. The van der Waals surface area contributed by atoms with Crippen molar-refractivity contribution in [2.45, 2.75) is 63.6 Å². The second kappa shape index (κ2) is 8.48. The van der Waals surface area contributed by atoms with Crippen LogP contribution in [-0.2, 0) is 22.6 Å². The van der Waals surface area contributed by atoms with Gasteiger partial charge in [0.1, 0.15) is 0 Å². The van der Waals surface area contributed by atoms with E-state index in [-0.39, 0.29) is 24.7 Å². The molecule has 1 fully saturated rings. The Bertz CT molecular complexity index is 611. The summed E-state index contributed by atoms with van der Waals surface area (Å²) in [5.74, 6) is -0.0282. The van der Waals surface area contributed by atoms with Crippen LogP contribution < -0.4 is 10.6 Å². The van der Waals surface area contributed by atoms with E-state index in [0.29, 0.717) is 18.6 Å². The highest BCUT2D eigenvalue weighted by Gasteiger charge is 2.23. The number of hydrogen-bond donors (Lipinski definition) is 2. The molecule has 5 heteroatoms. The number of carbonyl (C=O) groups is 2. The molecule has 2 aliphatic rings. The number of nitrogens with one attached hydrogen (secondary N) is 2. The lowest BCUT2D eigenvalue weighted by Crippen LogP contribution is -2.45. The molecule has 136 valence electrons. The third kappa shape index (κ3) is 5.05. The van der Waals surface area contributed by atoms with Crippen molar-refractivity contribution >= 4 is 11.8 Å². The zero-order valence-corrected chi connectivity index (χ0v) is 15.1. The van der Waals surface area contributed by atoms with Gasteiger partial charge in [0.15, 0.2) is 0 Å². The summed E-state index contributed by atoms with van der Waals surface area (Å²) in [5, 5.41) is 6.03. The van der Waals surface area contributed by atoms with Crippen molar-refractivity contribution in [3.63, 3.8) is 0 Å². The normalized spacial score (nSPS) is 20.9. The minimum absolute atomic E-state index is 0.00534. The van der Waals surface area contributed by atoms with Crippen LogP contribution in [0.4, 0.5) is 0 Å². The molecule has 0 bridgehead atoms. The summed E-state index contributed by atoms with van der Waals surface area (Å²) in [5.41, 5.74) is 2.74. The van der Waals surface area contributed by atoms with Crippen molar-refractivity contribution in [1.29, 1.82) is 0 Å². The van der Waals surface area contributed by atoms with E-state index in [1.54, 1.807) is 0 Å². The minimum atomic E-state index is -0.0335. The van der Waals surface area contributed by atoms with Gasteiger partial charge in [0.25, 0.3) is 0 Å². The number of benzene rings is 1. The van der Waals surface area contributed by atoms with Crippen LogP contribution >= 0.6 is 0 Å². The first-order valence-corrected chi connectivity index (χ1v) is 9.45. The molecule has 25 heavy (non-hydrogen) atoms. The van der Waals surface area contributed by atoms with E-state index in [2.05, 4.69) is 46.8 Å². The summed E-state index contributed by atoms with van der Waals surface area (Å²) in [6.07, 6.45) is 6.06. The Hall–Kier alpha value is -1.88. The zero-order valence-electron chi connectivity index (χ0n) is 15.1. The van der Waals surface area contributed by atoms with E-state index in [1.165, 1.54) is 24.0 Å². The summed E-state index contributed by atoms with van der Waals surface area (Å²) in [6, 6.07) is 9.13. The van der Waals surface area contributed by atoms with Crippen LogP contribution in [0, 0.1) is 0 Å². The Labute approximate surface area is 150 Å². The molecule has 1 aliphatic carbocycles. The van der Waals surface area contributed by atoms with Gasteiger partial charge in [0.2, 0.25) is 11.8 Å². The third-order valence-corrected chi connectivity index (χ3v) is 5.45. The molecular formula is C20H29N3O2. The fraction of sp³-hybridized carbons (Fsp3) is 0.600. The Morgan fingerprint density at radius 2 is 1.76 bits per heavy atom. The van der Waals surface area contributed by atoms with Crippen LogP contribution in [0.2, 0.25) is 0 Å². The van der Waals surface area contributed by atoms with Gasteiger partial charge in [-0.2, -0.15) is 0 Å². The molecule has 0 aromatic heterocycles. The second-order valence-electron chi connectivity index (χ2n) is 7.39. The molecule has 1 unspecified atom stereocenters. The van der Waals surface area contributed by atoms with E-state index >= 15 is 0 Å². The minimum Gasteiger partial charge on any atom is -0.355 e. The highest BCUT2D eigenvalue weighted by molar-refractivity contribution is 5.83. The highest BCUT2D eigenvalue weighted by Crippen LogP contribution is 2.21. The first kappa shape index (κ1) is 17.9. The summed E-state index contributed by atoms with van der Waals surface area (Å²) in [7, 11) is 2.10. The molecule has 3 rings (SSSR count). The molecule has 1 atom stereocenters. The molecule has 0 radical (unpaired) electrons. The summed E-state index contributed by atoms with van der Waals surface area (Å²) in [6.45, 7) is 1.55. The molecule has 1 aliphatic heterocycles. The molecule has 0 saturated heterocycles. The van der Waals surface area contributed by atoms with E-state index < -0.39 is 0 Å². The smallest absolute Gasteiger partial charge is 0.220 e. The van der Waals surface area contributed by atoms with Gasteiger partial charge in [0.05, 0.1) is 0 Å². The van der Waals surface area contributed by atoms with Crippen molar-refractivity contribution in [3.05, 3.63) is 35.4 Å². The van der Waals surface area contributed by atoms with E-state index in [9.17, 15) is 9.59 Å². The maximum Gasteiger partial charge on any atom is 0.220 e. The van der Waals surface area contributed by atoms with Gasteiger partial charge in [-0.15, -0.1) is 0 Å². The quantitative estimate of drug-likeness (QED) is 0.830. The van der Waals surface area contributed by atoms with Crippen molar-refractivity contribution in [3.8, 4) is 0 Å². The van der Waals surface area contributed by atoms with Crippen molar-refractivity contribution in [2.24, 2.45) is 0 Å². The van der Waals surface area contributed by atoms with Gasteiger partial charge in [-0.25, -0.2) is 0 Å².